The van der Waals surface area contributed by atoms with Crippen molar-refractivity contribution >= 4 is 35.1 Å². The van der Waals surface area contributed by atoms with Gasteiger partial charge in [-0.3, -0.25) is 19.2 Å². The molecule has 1 unspecified atom stereocenters. The number of Topliss-reactive ketones (excluding diaryl/α,β-unsaturated/α-hetero) is 1. The molecule has 0 aromatic heterocycles. The Kier molecular flexibility index (Phi) is 16.7. The summed E-state index contributed by atoms with van der Waals surface area (Å²) < 4.78 is 0. The van der Waals surface area contributed by atoms with Crippen LogP contribution in [0.4, 0.5) is 0 Å². The molecule has 0 saturated heterocycles. The number of alkyl halides is 1. The van der Waals surface area contributed by atoms with E-state index in [1.807, 2.05) is 27.7 Å². The van der Waals surface area contributed by atoms with Crippen molar-refractivity contribution in [2.45, 2.75) is 79.8 Å². The lowest BCUT2D eigenvalue weighted by Crippen LogP contribution is -2.53. The number of carbonyl (C=O) groups excluding carboxylic acids is 4. The molecule has 28 heavy (non-hydrogen) atoms. The lowest BCUT2D eigenvalue weighted by Gasteiger charge is -2.24. The summed E-state index contributed by atoms with van der Waals surface area (Å²) in [6.45, 7) is 13.3. The summed E-state index contributed by atoms with van der Waals surface area (Å²) >= 11 is 5.37. The average Bonchev–Trinajstić information content (AvgIpc) is 2.65. The van der Waals surface area contributed by atoms with Crippen molar-refractivity contribution in [1.82, 2.24) is 16.0 Å². The third-order valence-corrected chi connectivity index (χ3v) is 4.14. The summed E-state index contributed by atoms with van der Waals surface area (Å²) in [7, 11) is 0. The predicted molar refractivity (Wildman–Crippen MR) is 113 cm³/mol. The van der Waals surface area contributed by atoms with E-state index < -0.39 is 12.1 Å². The lowest BCUT2D eigenvalue weighted by molar-refractivity contribution is -0.133. The van der Waals surface area contributed by atoms with E-state index in [4.69, 9.17) is 11.6 Å². The molecule has 7 nitrogen and oxygen atoms in total. The van der Waals surface area contributed by atoms with Crippen LogP contribution in [0.5, 0.6) is 0 Å². The van der Waals surface area contributed by atoms with Crippen LogP contribution in [0.2, 0.25) is 0 Å². The lowest BCUT2D eigenvalue weighted by atomic mass is 10.00. The molecule has 8 heteroatoms. The highest BCUT2D eigenvalue weighted by molar-refractivity contribution is 6.27. The van der Waals surface area contributed by atoms with Crippen LogP contribution in [0.25, 0.3) is 0 Å². The summed E-state index contributed by atoms with van der Waals surface area (Å²) in [5.74, 6) is -1.23. The van der Waals surface area contributed by atoms with Crippen molar-refractivity contribution in [1.29, 1.82) is 0 Å². The van der Waals surface area contributed by atoms with E-state index in [-0.39, 0.29) is 47.6 Å². The minimum absolute atomic E-state index is 0.0498. The fraction of sp³-hybridized carbons (Fsp3) is 0.800. The molecule has 0 aliphatic heterocycles. The van der Waals surface area contributed by atoms with Gasteiger partial charge >= 0.3 is 0 Å². The van der Waals surface area contributed by atoms with Crippen molar-refractivity contribution in [2.75, 3.05) is 12.4 Å². The molecule has 0 saturated carbocycles. The standard InChI is InChI=1S/C18H32ClN3O4.C2H6/c1-11(2)16(18(26)21-13(5)17(25)12(3)4)22-14(23)8-6-7-9-20-15(24)10-19;1-2/h11-13,16H,6-10H2,1-5H3,(H,20,24)(H,21,26)(H,22,23);1-2H3/t13-,16?;/m0./s1. The average molecular weight is 420 g/mol. The number of hydrogen-bond acceptors (Lipinski definition) is 4. The van der Waals surface area contributed by atoms with Crippen LogP contribution in [0.1, 0.15) is 67.7 Å². The van der Waals surface area contributed by atoms with E-state index in [0.717, 1.165) is 0 Å². The maximum absolute atomic E-state index is 12.4. The molecule has 0 heterocycles. The van der Waals surface area contributed by atoms with Gasteiger partial charge in [0.2, 0.25) is 17.7 Å². The summed E-state index contributed by atoms with van der Waals surface area (Å²) in [5.41, 5.74) is 0. The molecule has 3 amide bonds. The predicted octanol–water partition coefficient (Wildman–Crippen LogP) is 2.41. The topological polar surface area (TPSA) is 104 Å². The molecule has 3 N–H and O–H groups in total. The van der Waals surface area contributed by atoms with Gasteiger partial charge in [-0.25, -0.2) is 0 Å². The molecule has 0 fully saturated rings. The molecule has 0 bridgehead atoms. The number of halogens is 1. The molecular weight excluding hydrogens is 382 g/mol. The second-order valence-corrected chi connectivity index (χ2v) is 7.28. The molecule has 0 radical (unpaired) electrons. The first-order valence-corrected chi connectivity index (χ1v) is 10.6. The van der Waals surface area contributed by atoms with Gasteiger partial charge in [0.1, 0.15) is 11.9 Å². The Bertz CT molecular complexity index is 496. The highest BCUT2D eigenvalue weighted by Gasteiger charge is 2.27. The number of amides is 3. The van der Waals surface area contributed by atoms with Gasteiger partial charge in [-0.1, -0.05) is 41.5 Å². The maximum atomic E-state index is 12.4. The quantitative estimate of drug-likeness (QED) is 0.333. The van der Waals surface area contributed by atoms with Crippen molar-refractivity contribution in [3.63, 3.8) is 0 Å². The summed E-state index contributed by atoms with van der Waals surface area (Å²) in [5, 5.41) is 8.04. The number of ketones is 1. The van der Waals surface area contributed by atoms with Crippen LogP contribution >= 0.6 is 11.6 Å². The van der Waals surface area contributed by atoms with Crippen molar-refractivity contribution in [3.05, 3.63) is 0 Å². The monoisotopic (exact) mass is 419 g/mol. The van der Waals surface area contributed by atoms with E-state index in [1.165, 1.54) is 0 Å². The van der Waals surface area contributed by atoms with Gasteiger partial charge in [0, 0.05) is 18.9 Å². The van der Waals surface area contributed by atoms with Crippen LogP contribution in [-0.2, 0) is 19.2 Å². The SMILES string of the molecule is CC.CC(C)C(=O)[C@H](C)NC(=O)C(NC(=O)CCCCNC(=O)CCl)C(C)C. The van der Waals surface area contributed by atoms with E-state index >= 15 is 0 Å². The van der Waals surface area contributed by atoms with Crippen LogP contribution in [0, 0.1) is 11.8 Å². The second-order valence-electron chi connectivity index (χ2n) is 7.02. The maximum Gasteiger partial charge on any atom is 0.243 e. The molecule has 0 aromatic rings. The van der Waals surface area contributed by atoms with Gasteiger partial charge in [-0.15, -0.1) is 11.6 Å². The number of hydrogen-bond donors (Lipinski definition) is 3. The third kappa shape index (κ3) is 12.7. The summed E-state index contributed by atoms with van der Waals surface area (Å²) in [6, 6.07) is -1.29. The van der Waals surface area contributed by atoms with Gasteiger partial charge in [-0.05, 0) is 25.7 Å². The zero-order chi connectivity index (χ0) is 22.3. The molecule has 0 aliphatic carbocycles. The number of rotatable bonds is 12. The highest BCUT2D eigenvalue weighted by atomic mass is 35.5. The van der Waals surface area contributed by atoms with Gasteiger partial charge in [0.25, 0.3) is 0 Å². The normalized spacial score (nSPS) is 12.5. The smallest absolute Gasteiger partial charge is 0.243 e. The van der Waals surface area contributed by atoms with Gasteiger partial charge in [0.15, 0.2) is 5.78 Å². The van der Waals surface area contributed by atoms with Crippen LogP contribution < -0.4 is 16.0 Å². The molecule has 0 rings (SSSR count). The number of unbranched alkanes of at least 4 members (excludes halogenated alkanes) is 1. The minimum atomic E-state index is -0.694. The van der Waals surface area contributed by atoms with Crippen LogP contribution in [0.15, 0.2) is 0 Å². The van der Waals surface area contributed by atoms with E-state index in [0.29, 0.717) is 19.4 Å². The largest absolute Gasteiger partial charge is 0.355 e. The van der Waals surface area contributed by atoms with Crippen LogP contribution in [-0.4, -0.2) is 48.0 Å². The Morgan fingerprint density at radius 3 is 1.89 bits per heavy atom. The van der Waals surface area contributed by atoms with Crippen molar-refractivity contribution < 1.29 is 19.2 Å². The molecular formula is C20H38ClN3O4. The first-order chi connectivity index (χ1) is 13.1. The van der Waals surface area contributed by atoms with Crippen molar-refractivity contribution in [2.24, 2.45) is 11.8 Å². The molecule has 0 spiro atoms. The Hall–Kier alpha value is -1.63. The Morgan fingerprint density at radius 1 is 0.857 bits per heavy atom. The number of carbonyl (C=O) groups is 4. The summed E-state index contributed by atoms with van der Waals surface area (Å²) in [6.07, 6.45) is 1.49. The van der Waals surface area contributed by atoms with Gasteiger partial charge < -0.3 is 16.0 Å². The molecule has 0 aromatic carbocycles. The van der Waals surface area contributed by atoms with E-state index in [2.05, 4.69) is 16.0 Å². The molecule has 0 aliphatic rings. The zero-order valence-corrected chi connectivity index (χ0v) is 19.1. The molecule has 2 atom stereocenters. The Morgan fingerprint density at radius 2 is 1.43 bits per heavy atom. The first-order valence-electron chi connectivity index (χ1n) is 10.1. The minimum Gasteiger partial charge on any atom is -0.355 e. The van der Waals surface area contributed by atoms with Crippen molar-refractivity contribution in [3.8, 4) is 0 Å². The first kappa shape index (κ1) is 28.6. The Balaban J connectivity index is 0. The number of nitrogens with one attached hydrogen (secondary N) is 3. The van der Waals surface area contributed by atoms with Gasteiger partial charge in [-0.2, -0.15) is 0 Å². The highest BCUT2D eigenvalue weighted by Crippen LogP contribution is 2.06. The zero-order valence-electron chi connectivity index (χ0n) is 18.4. The Labute approximate surface area is 174 Å². The van der Waals surface area contributed by atoms with Gasteiger partial charge in [0.05, 0.1) is 6.04 Å². The fourth-order valence-corrected chi connectivity index (χ4v) is 2.43. The van der Waals surface area contributed by atoms with E-state index in [9.17, 15) is 19.2 Å². The van der Waals surface area contributed by atoms with Crippen LogP contribution in [0.3, 0.4) is 0 Å². The van der Waals surface area contributed by atoms with E-state index in [1.54, 1.807) is 20.8 Å². The fourth-order valence-electron chi connectivity index (χ4n) is 2.34. The second kappa shape index (κ2) is 16.3. The summed E-state index contributed by atoms with van der Waals surface area (Å²) in [4.78, 5) is 47.4. The third-order valence-electron chi connectivity index (χ3n) is 3.89. The molecule has 164 valence electrons.